The smallest absolute Gasteiger partial charge is 0.412 e. The lowest BCUT2D eigenvalue weighted by Gasteiger charge is -2.19. The number of rotatable bonds is 5. The number of anilines is 1. The van der Waals surface area contributed by atoms with Gasteiger partial charge in [-0.05, 0) is 32.9 Å². The summed E-state index contributed by atoms with van der Waals surface area (Å²) in [6, 6.07) is 6.88. The molecule has 8 nitrogen and oxygen atoms in total. The maximum Gasteiger partial charge on any atom is 0.412 e. The van der Waals surface area contributed by atoms with Gasteiger partial charge in [-0.15, -0.1) is 0 Å². The van der Waals surface area contributed by atoms with Crippen molar-refractivity contribution < 1.29 is 24.0 Å². The van der Waals surface area contributed by atoms with Gasteiger partial charge in [0.25, 0.3) is 0 Å². The van der Waals surface area contributed by atoms with E-state index in [0.29, 0.717) is 17.1 Å². The molecule has 1 aromatic carbocycles. The first kappa shape index (κ1) is 18.4. The zero-order chi connectivity index (χ0) is 18.6. The lowest BCUT2D eigenvalue weighted by atomic mass is 10.1. The highest BCUT2D eigenvalue weighted by atomic mass is 16.6. The summed E-state index contributed by atoms with van der Waals surface area (Å²) in [6.45, 7) is 6.91. The van der Waals surface area contributed by atoms with Gasteiger partial charge in [0, 0.05) is 17.7 Å². The maximum absolute atomic E-state index is 11.8. The average Bonchev–Trinajstić information content (AvgIpc) is 2.93. The lowest BCUT2D eigenvalue weighted by molar-refractivity contribution is -0.141. The SMILES string of the molecule is CC(Cc1nc(-c2cccc(NC(=O)OC(C)(C)C)c2)no1)C(=O)O. The van der Waals surface area contributed by atoms with E-state index in [1.54, 1.807) is 52.0 Å². The van der Waals surface area contributed by atoms with E-state index < -0.39 is 23.6 Å². The molecule has 0 fully saturated rings. The largest absolute Gasteiger partial charge is 0.481 e. The third kappa shape index (κ3) is 5.59. The van der Waals surface area contributed by atoms with Gasteiger partial charge in [0.1, 0.15) is 5.60 Å². The van der Waals surface area contributed by atoms with Crippen LogP contribution in [-0.2, 0) is 16.0 Å². The molecule has 1 unspecified atom stereocenters. The molecule has 0 spiro atoms. The Morgan fingerprint density at radius 3 is 2.72 bits per heavy atom. The number of carboxylic acid groups (broad SMARTS) is 1. The number of carbonyl (C=O) groups excluding carboxylic acids is 1. The molecule has 0 aliphatic heterocycles. The van der Waals surface area contributed by atoms with Crippen molar-refractivity contribution in [1.29, 1.82) is 0 Å². The van der Waals surface area contributed by atoms with Crippen LogP contribution in [-0.4, -0.2) is 32.9 Å². The number of aromatic nitrogens is 2. The van der Waals surface area contributed by atoms with Crippen LogP contribution >= 0.6 is 0 Å². The molecule has 0 radical (unpaired) electrons. The second-order valence-corrected chi connectivity index (χ2v) is 6.66. The Labute approximate surface area is 145 Å². The summed E-state index contributed by atoms with van der Waals surface area (Å²) in [4.78, 5) is 26.9. The zero-order valence-electron chi connectivity index (χ0n) is 14.6. The number of ether oxygens (including phenoxy) is 1. The van der Waals surface area contributed by atoms with E-state index in [-0.39, 0.29) is 12.3 Å². The molecule has 0 aliphatic rings. The number of carbonyl (C=O) groups is 2. The van der Waals surface area contributed by atoms with Crippen molar-refractivity contribution in [2.24, 2.45) is 5.92 Å². The van der Waals surface area contributed by atoms with Crippen molar-refractivity contribution in [3.05, 3.63) is 30.2 Å². The van der Waals surface area contributed by atoms with Crippen LogP contribution in [0.3, 0.4) is 0 Å². The Balaban J connectivity index is 2.10. The highest BCUT2D eigenvalue weighted by Crippen LogP contribution is 2.21. The number of hydrogen-bond acceptors (Lipinski definition) is 6. The second-order valence-electron chi connectivity index (χ2n) is 6.66. The third-order valence-electron chi connectivity index (χ3n) is 3.14. The molecule has 1 amide bonds. The fourth-order valence-corrected chi connectivity index (χ4v) is 1.96. The van der Waals surface area contributed by atoms with Gasteiger partial charge in [0.2, 0.25) is 11.7 Å². The third-order valence-corrected chi connectivity index (χ3v) is 3.14. The van der Waals surface area contributed by atoms with E-state index in [1.807, 2.05) is 0 Å². The van der Waals surface area contributed by atoms with E-state index in [1.165, 1.54) is 0 Å². The summed E-state index contributed by atoms with van der Waals surface area (Å²) >= 11 is 0. The average molecular weight is 347 g/mol. The number of aliphatic carboxylic acids is 1. The quantitative estimate of drug-likeness (QED) is 0.852. The minimum absolute atomic E-state index is 0.151. The zero-order valence-corrected chi connectivity index (χ0v) is 14.6. The fraction of sp³-hybridized carbons (Fsp3) is 0.412. The predicted octanol–water partition coefficient (Wildman–Crippen LogP) is 3.35. The Bertz CT molecular complexity index is 764. The Kier molecular flexibility index (Phi) is 5.41. The molecule has 2 N–H and O–H groups in total. The predicted molar refractivity (Wildman–Crippen MR) is 90.1 cm³/mol. The molecule has 0 bridgehead atoms. The summed E-state index contributed by atoms with van der Waals surface area (Å²) in [7, 11) is 0. The maximum atomic E-state index is 11.8. The first-order valence-electron chi connectivity index (χ1n) is 7.80. The van der Waals surface area contributed by atoms with Gasteiger partial charge >= 0.3 is 12.1 Å². The van der Waals surface area contributed by atoms with Crippen molar-refractivity contribution in [2.45, 2.75) is 39.7 Å². The number of amides is 1. The van der Waals surface area contributed by atoms with Crippen molar-refractivity contribution in [3.8, 4) is 11.4 Å². The molecule has 2 rings (SSSR count). The standard InChI is InChI=1S/C17H21N3O5/c1-10(15(21)22)8-13-19-14(20-25-13)11-6-5-7-12(9-11)18-16(23)24-17(2,3)4/h5-7,9-10H,8H2,1-4H3,(H,18,23)(H,21,22). The van der Waals surface area contributed by atoms with E-state index in [0.717, 1.165) is 0 Å². The number of carboxylic acids is 1. The molecule has 2 aromatic rings. The monoisotopic (exact) mass is 347 g/mol. The number of nitrogens with zero attached hydrogens (tertiary/aromatic N) is 2. The van der Waals surface area contributed by atoms with Crippen LogP contribution < -0.4 is 5.32 Å². The van der Waals surface area contributed by atoms with Crippen molar-refractivity contribution in [1.82, 2.24) is 10.1 Å². The molecule has 1 atom stereocenters. The molecule has 1 heterocycles. The highest BCUT2D eigenvalue weighted by molar-refractivity contribution is 5.85. The molecule has 0 saturated heterocycles. The molecule has 0 aliphatic carbocycles. The van der Waals surface area contributed by atoms with E-state index in [4.69, 9.17) is 14.4 Å². The van der Waals surface area contributed by atoms with Crippen molar-refractivity contribution in [2.75, 3.05) is 5.32 Å². The van der Waals surface area contributed by atoms with Crippen LogP contribution in [0.4, 0.5) is 10.5 Å². The molecule has 1 aromatic heterocycles. The van der Waals surface area contributed by atoms with Crippen LogP contribution in [0.2, 0.25) is 0 Å². The van der Waals surface area contributed by atoms with E-state index >= 15 is 0 Å². The first-order chi connectivity index (χ1) is 11.6. The van der Waals surface area contributed by atoms with Crippen LogP contribution in [0.5, 0.6) is 0 Å². The van der Waals surface area contributed by atoms with Gasteiger partial charge in [-0.1, -0.05) is 24.2 Å². The van der Waals surface area contributed by atoms with Gasteiger partial charge in [0.15, 0.2) is 0 Å². The minimum Gasteiger partial charge on any atom is -0.481 e. The molecule has 25 heavy (non-hydrogen) atoms. The van der Waals surface area contributed by atoms with Gasteiger partial charge in [-0.3, -0.25) is 10.1 Å². The summed E-state index contributed by atoms with van der Waals surface area (Å²) in [5.74, 6) is -0.979. The van der Waals surface area contributed by atoms with Crippen LogP contribution in [0.1, 0.15) is 33.6 Å². The molecule has 8 heteroatoms. The molecule has 134 valence electrons. The molecule has 0 saturated carbocycles. The van der Waals surface area contributed by atoms with Crippen LogP contribution in [0.25, 0.3) is 11.4 Å². The Hall–Kier alpha value is -2.90. The summed E-state index contributed by atoms with van der Waals surface area (Å²) < 4.78 is 10.3. The summed E-state index contributed by atoms with van der Waals surface area (Å²) in [5, 5.41) is 15.4. The Morgan fingerprint density at radius 2 is 2.08 bits per heavy atom. The summed E-state index contributed by atoms with van der Waals surface area (Å²) in [5.41, 5.74) is 0.564. The topological polar surface area (TPSA) is 115 Å². The van der Waals surface area contributed by atoms with Gasteiger partial charge < -0.3 is 14.4 Å². The van der Waals surface area contributed by atoms with Crippen LogP contribution in [0, 0.1) is 5.92 Å². The molecular weight excluding hydrogens is 326 g/mol. The number of hydrogen-bond donors (Lipinski definition) is 2. The highest BCUT2D eigenvalue weighted by Gasteiger charge is 2.18. The number of nitrogens with one attached hydrogen (secondary N) is 1. The van der Waals surface area contributed by atoms with Crippen LogP contribution in [0.15, 0.2) is 28.8 Å². The lowest BCUT2D eigenvalue weighted by Crippen LogP contribution is -2.27. The second kappa shape index (κ2) is 7.33. The van der Waals surface area contributed by atoms with Gasteiger partial charge in [-0.2, -0.15) is 4.98 Å². The van der Waals surface area contributed by atoms with Gasteiger partial charge in [0.05, 0.1) is 5.92 Å². The number of benzene rings is 1. The normalized spacial score (nSPS) is 12.5. The minimum atomic E-state index is -0.927. The van der Waals surface area contributed by atoms with Gasteiger partial charge in [-0.25, -0.2) is 4.79 Å². The molecular formula is C17H21N3O5. The van der Waals surface area contributed by atoms with E-state index in [9.17, 15) is 9.59 Å². The van der Waals surface area contributed by atoms with Crippen molar-refractivity contribution in [3.63, 3.8) is 0 Å². The van der Waals surface area contributed by atoms with E-state index in [2.05, 4.69) is 15.5 Å². The summed E-state index contributed by atoms with van der Waals surface area (Å²) in [6.07, 6.45) is -0.410. The Morgan fingerprint density at radius 1 is 1.36 bits per heavy atom. The van der Waals surface area contributed by atoms with Crippen molar-refractivity contribution >= 4 is 17.7 Å². The first-order valence-corrected chi connectivity index (χ1v) is 7.80. The fourth-order valence-electron chi connectivity index (χ4n) is 1.96.